The molecule has 0 fully saturated rings. The molecule has 19 heavy (non-hydrogen) atoms. The first-order chi connectivity index (χ1) is 9.08. The molecule has 2 rings (SSSR count). The third-order valence-corrected chi connectivity index (χ3v) is 4.37. The van der Waals surface area contributed by atoms with Crippen LogP contribution in [0.1, 0.15) is 12.6 Å². The van der Waals surface area contributed by atoms with Gasteiger partial charge in [0.25, 0.3) is 0 Å². The first-order valence-corrected chi connectivity index (χ1v) is 7.29. The Hall–Kier alpha value is -2.26. The summed E-state index contributed by atoms with van der Waals surface area (Å²) in [4.78, 5) is 8.16. The van der Waals surface area contributed by atoms with E-state index in [2.05, 4.69) is 9.97 Å². The Labute approximate surface area is 111 Å². The van der Waals surface area contributed by atoms with Crippen LogP contribution in [0.4, 0.5) is 0 Å². The Morgan fingerprint density at radius 1 is 1.21 bits per heavy atom. The van der Waals surface area contributed by atoms with Gasteiger partial charge in [0.1, 0.15) is 11.0 Å². The van der Waals surface area contributed by atoms with Crippen LogP contribution in [0.25, 0.3) is 11.4 Å². The van der Waals surface area contributed by atoms with Crippen LogP contribution in [-0.4, -0.2) is 24.1 Å². The fourth-order valence-electron chi connectivity index (χ4n) is 1.59. The van der Waals surface area contributed by atoms with Crippen molar-refractivity contribution < 1.29 is 8.42 Å². The van der Waals surface area contributed by atoms with Crippen molar-refractivity contribution in [3.8, 4) is 17.5 Å². The number of hydrogen-bond donors (Lipinski definition) is 0. The number of rotatable bonds is 3. The number of nitriles is 1. The average molecular weight is 273 g/mol. The van der Waals surface area contributed by atoms with E-state index in [1.807, 2.05) is 6.07 Å². The standard InChI is InChI=1S/C13H11N3O2S/c1-2-19(17,18)13-7-6-11(16-12(13)9-14)10-5-3-4-8-15-10/h3-8H,2H2,1H3. The largest absolute Gasteiger partial charge is 0.255 e. The van der Waals surface area contributed by atoms with Crippen molar-refractivity contribution in [2.24, 2.45) is 0 Å². The van der Waals surface area contributed by atoms with E-state index in [0.29, 0.717) is 11.4 Å². The number of pyridine rings is 2. The predicted molar refractivity (Wildman–Crippen MR) is 69.9 cm³/mol. The molecule has 0 saturated carbocycles. The van der Waals surface area contributed by atoms with Crippen molar-refractivity contribution in [2.75, 3.05) is 5.75 Å². The van der Waals surface area contributed by atoms with E-state index in [1.54, 1.807) is 30.5 Å². The quantitative estimate of drug-likeness (QED) is 0.851. The summed E-state index contributed by atoms with van der Waals surface area (Å²) in [6.07, 6.45) is 1.61. The highest BCUT2D eigenvalue weighted by atomic mass is 32.2. The predicted octanol–water partition coefficient (Wildman–Crippen LogP) is 1.81. The minimum Gasteiger partial charge on any atom is -0.255 e. The minimum absolute atomic E-state index is 0.0304. The maximum Gasteiger partial charge on any atom is 0.180 e. The summed E-state index contributed by atoms with van der Waals surface area (Å²) >= 11 is 0. The molecule has 0 spiro atoms. The van der Waals surface area contributed by atoms with Crippen LogP contribution in [0.5, 0.6) is 0 Å². The summed E-state index contributed by atoms with van der Waals surface area (Å²) in [5, 5.41) is 9.05. The van der Waals surface area contributed by atoms with E-state index in [9.17, 15) is 8.42 Å². The van der Waals surface area contributed by atoms with Gasteiger partial charge in [0.15, 0.2) is 15.5 Å². The van der Waals surface area contributed by atoms with Gasteiger partial charge in [-0.05, 0) is 24.3 Å². The Morgan fingerprint density at radius 2 is 2.00 bits per heavy atom. The van der Waals surface area contributed by atoms with Crippen LogP contribution < -0.4 is 0 Å². The van der Waals surface area contributed by atoms with Crippen molar-refractivity contribution in [3.63, 3.8) is 0 Å². The van der Waals surface area contributed by atoms with Crippen LogP contribution in [0, 0.1) is 11.3 Å². The molecule has 0 saturated heterocycles. The lowest BCUT2D eigenvalue weighted by atomic mass is 10.2. The summed E-state index contributed by atoms with van der Waals surface area (Å²) in [7, 11) is -3.45. The maximum absolute atomic E-state index is 11.8. The zero-order valence-corrected chi connectivity index (χ0v) is 11.1. The number of sulfone groups is 1. The first-order valence-electron chi connectivity index (χ1n) is 5.64. The minimum atomic E-state index is -3.45. The lowest BCUT2D eigenvalue weighted by Gasteiger charge is -2.05. The normalized spacial score (nSPS) is 10.9. The second kappa shape index (κ2) is 5.16. The van der Waals surface area contributed by atoms with Crippen LogP contribution in [0.15, 0.2) is 41.4 Å². The van der Waals surface area contributed by atoms with E-state index >= 15 is 0 Å². The fourth-order valence-corrected chi connectivity index (χ4v) is 2.56. The first kappa shape index (κ1) is 13.2. The van der Waals surface area contributed by atoms with Crippen LogP contribution >= 0.6 is 0 Å². The zero-order valence-electron chi connectivity index (χ0n) is 10.2. The molecule has 0 amide bonds. The van der Waals surface area contributed by atoms with Gasteiger partial charge in [0.05, 0.1) is 17.1 Å². The third kappa shape index (κ3) is 2.61. The van der Waals surface area contributed by atoms with Gasteiger partial charge in [-0.2, -0.15) is 5.26 Å². The number of aromatic nitrogens is 2. The highest BCUT2D eigenvalue weighted by Gasteiger charge is 2.18. The maximum atomic E-state index is 11.8. The molecule has 0 radical (unpaired) electrons. The molecule has 96 valence electrons. The Bertz CT molecular complexity index is 734. The molecular formula is C13H11N3O2S. The summed E-state index contributed by atoms with van der Waals surface area (Å²) < 4.78 is 23.6. The second-order valence-corrected chi connectivity index (χ2v) is 6.02. The van der Waals surface area contributed by atoms with Crippen molar-refractivity contribution >= 4 is 9.84 Å². The molecule has 0 aliphatic heterocycles. The molecule has 0 aromatic carbocycles. The Balaban J connectivity index is 2.59. The van der Waals surface area contributed by atoms with E-state index in [0.717, 1.165) is 0 Å². The van der Waals surface area contributed by atoms with Crippen LogP contribution in [-0.2, 0) is 9.84 Å². The van der Waals surface area contributed by atoms with Crippen molar-refractivity contribution in [3.05, 3.63) is 42.2 Å². The Kier molecular flexibility index (Phi) is 3.58. The number of nitrogens with zero attached hydrogens (tertiary/aromatic N) is 3. The molecular weight excluding hydrogens is 262 g/mol. The lowest BCUT2D eigenvalue weighted by molar-refractivity contribution is 0.596. The van der Waals surface area contributed by atoms with Gasteiger partial charge < -0.3 is 0 Å². The monoisotopic (exact) mass is 273 g/mol. The van der Waals surface area contributed by atoms with Crippen LogP contribution in [0.2, 0.25) is 0 Å². The summed E-state index contributed by atoms with van der Waals surface area (Å²) in [6, 6.07) is 10.1. The van der Waals surface area contributed by atoms with E-state index in [-0.39, 0.29) is 16.3 Å². The zero-order chi connectivity index (χ0) is 13.9. The molecule has 2 aromatic rings. The van der Waals surface area contributed by atoms with E-state index in [1.165, 1.54) is 13.0 Å². The summed E-state index contributed by atoms with van der Waals surface area (Å²) in [5.74, 6) is -0.0632. The van der Waals surface area contributed by atoms with Crippen molar-refractivity contribution in [1.29, 1.82) is 5.26 Å². The molecule has 0 aliphatic rings. The second-order valence-electron chi connectivity index (χ2n) is 3.77. The van der Waals surface area contributed by atoms with E-state index in [4.69, 9.17) is 5.26 Å². The number of hydrogen-bond acceptors (Lipinski definition) is 5. The molecule has 0 aliphatic carbocycles. The van der Waals surface area contributed by atoms with Gasteiger partial charge in [-0.15, -0.1) is 0 Å². The fraction of sp³-hybridized carbons (Fsp3) is 0.154. The van der Waals surface area contributed by atoms with Gasteiger partial charge in [0.2, 0.25) is 0 Å². The van der Waals surface area contributed by atoms with Gasteiger partial charge in [0, 0.05) is 6.20 Å². The van der Waals surface area contributed by atoms with Crippen molar-refractivity contribution in [2.45, 2.75) is 11.8 Å². The summed E-state index contributed by atoms with van der Waals surface area (Å²) in [5.41, 5.74) is 0.983. The SMILES string of the molecule is CCS(=O)(=O)c1ccc(-c2ccccn2)nc1C#N. The lowest BCUT2D eigenvalue weighted by Crippen LogP contribution is -2.07. The van der Waals surface area contributed by atoms with Gasteiger partial charge in [-0.25, -0.2) is 13.4 Å². The van der Waals surface area contributed by atoms with E-state index < -0.39 is 9.84 Å². The highest BCUT2D eigenvalue weighted by molar-refractivity contribution is 7.91. The molecule has 2 aromatic heterocycles. The molecule has 6 heteroatoms. The smallest absolute Gasteiger partial charge is 0.180 e. The van der Waals surface area contributed by atoms with Gasteiger partial charge in [-0.3, -0.25) is 4.98 Å². The molecule has 0 unspecified atom stereocenters. The molecule has 2 heterocycles. The topological polar surface area (TPSA) is 83.7 Å². The average Bonchev–Trinajstić information content (AvgIpc) is 2.47. The highest BCUT2D eigenvalue weighted by Crippen LogP contribution is 2.20. The van der Waals surface area contributed by atoms with Crippen molar-refractivity contribution in [1.82, 2.24) is 9.97 Å². The van der Waals surface area contributed by atoms with Gasteiger partial charge >= 0.3 is 0 Å². The summed E-state index contributed by atoms with van der Waals surface area (Å²) in [6.45, 7) is 1.53. The molecule has 0 N–H and O–H groups in total. The third-order valence-electron chi connectivity index (χ3n) is 2.61. The Morgan fingerprint density at radius 3 is 2.58 bits per heavy atom. The molecule has 0 atom stereocenters. The van der Waals surface area contributed by atoms with Crippen LogP contribution in [0.3, 0.4) is 0 Å². The molecule has 5 nitrogen and oxygen atoms in total. The van der Waals surface area contributed by atoms with Gasteiger partial charge in [-0.1, -0.05) is 13.0 Å². The molecule has 0 bridgehead atoms.